The summed E-state index contributed by atoms with van der Waals surface area (Å²) >= 11 is 0. The number of amides is 1. The van der Waals surface area contributed by atoms with Gasteiger partial charge in [0.15, 0.2) is 0 Å². The predicted octanol–water partition coefficient (Wildman–Crippen LogP) is 8.98. The van der Waals surface area contributed by atoms with Crippen LogP contribution in [0.1, 0.15) is 114 Å². The number of hydrogen-bond donors (Lipinski definition) is 2. The number of aliphatic hydroxyl groups excluding tert-OH is 2. The number of allylic oxidation sites excluding steroid dienone is 1. The highest BCUT2D eigenvalue weighted by molar-refractivity contribution is 6.03. The first-order valence-electron chi connectivity index (χ1n) is 22.3. The van der Waals surface area contributed by atoms with E-state index < -0.39 is 29.0 Å². The summed E-state index contributed by atoms with van der Waals surface area (Å²) in [6.07, 6.45) is 17.1. The molecule has 13 nitrogen and oxygen atoms in total. The second-order valence-corrected chi connectivity index (χ2v) is 17.2. The summed E-state index contributed by atoms with van der Waals surface area (Å²) in [5.41, 5.74) is 2.51. The van der Waals surface area contributed by atoms with Crippen molar-refractivity contribution in [3.8, 4) is 17.2 Å². The molecule has 2 saturated carbocycles. The Hall–Kier alpha value is -4.30. The SMILES string of the molecule is C=CCOC12Oc3ccc(Oc4cccc([N+](=O)[O-])c4)cc3C3C(CCCCO)C(CCCCO)C=C(C(=NOC4CCCCO4)CC1N(C)C(=O)CCC1CCCC1)C32. The zero-order valence-electron chi connectivity index (χ0n) is 35.1. The molecule has 3 aliphatic carbocycles. The number of oxime groups is 1. The molecule has 5 aliphatic rings. The molecule has 2 aromatic carbocycles. The van der Waals surface area contributed by atoms with E-state index in [0.717, 1.165) is 81.1 Å². The number of hydrogen-bond acceptors (Lipinski definition) is 11. The third kappa shape index (κ3) is 9.75. The molecule has 7 atom stereocenters. The molecular weight excluding hydrogens is 767 g/mol. The lowest BCUT2D eigenvalue weighted by molar-refractivity contribution is -0.384. The van der Waals surface area contributed by atoms with Gasteiger partial charge in [-0.3, -0.25) is 14.9 Å². The maximum absolute atomic E-state index is 14.4. The normalized spacial score (nSPS) is 27.9. The molecule has 1 amide bonds. The Bertz CT molecular complexity index is 1860. The number of ether oxygens (including phenoxy) is 4. The molecule has 2 aromatic rings. The standard InChI is InChI=1S/C47H63N3O10/c1-3-26-57-47-42(49(2)43(53)23-20-32-13-4-5-14-32)31-40(48-60-44-19-8-11-27-56-44)38-28-33(15-6-9-24-51)37(18-7-10-25-52)45(46(38)47)39-30-36(21-22-41(39)59-47)58-35-17-12-16-34(29-35)50(54)55/h3,12,16-17,21-22,28-30,32-33,37,42,44-46,51-52H,1,4-11,13-15,18-20,23-27,31H2,2H3. The van der Waals surface area contributed by atoms with Crippen molar-refractivity contribution in [1.29, 1.82) is 0 Å². The number of nitro benzene ring substituents is 1. The van der Waals surface area contributed by atoms with Gasteiger partial charge < -0.3 is 38.9 Å². The van der Waals surface area contributed by atoms with E-state index in [9.17, 15) is 25.1 Å². The van der Waals surface area contributed by atoms with Crippen molar-refractivity contribution < 1.29 is 43.7 Å². The first kappa shape index (κ1) is 43.8. The second-order valence-electron chi connectivity index (χ2n) is 17.2. The molecule has 2 aliphatic heterocycles. The molecule has 2 N–H and O–H groups in total. The van der Waals surface area contributed by atoms with Crippen LogP contribution < -0.4 is 9.47 Å². The summed E-state index contributed by atoms with van der Waals surface area (Å²) in [6.45, 7) is 4.98. The number of benzene rings is 2. The number of carbonyl (C=O) groups excluding carboxylic acids is 1. The summed E-state index contributed by atoms with van der Waals surface area (Å²) in [6, 6.07) is 11.2. The van der Waals surface area contributed by atoms with Crippen LogP contribution in [0.15, 0.2) is 71.9 Å². The van der Waals surface area contributed by atoms with Crippen molar-refractivity contribution in [2.45, 2.75) is 127 Å². The minimum atomic E-state index is -1.34. The van der Waals surface area contributed by atoms with E-state index in [4.69, 9.17) is 28.9 Å². The van der Waals surface area contributed by atoms with Gasteiger partial charge in [0.2, 0.25) is 18.0 Å². The molecule has 0 aromatic heterocycles. The third-order valence-electron chi connectivity index (χ3n) is 13.4. The number of nitrogens with zero attached hydrogens (tertiary/aromatic N) is 3. The van der Waals surface area contributed by atoms with Gasteiger partial charge in [0.1, 0.15) is 23.3 Å². The van der Waals surface area contributed by atoms with E-state index in [-0.39, 0.29) is 49.2 Å². The van der Waals surface area contributed by atoms with Gasteiger partial charge in [-0.1, -0.05) is 61.9 Å². The Morgan fingerprint density at radius 1 is 1.02 bits per heavy atom. The van der Waals surface area contributed by atoms with Crippen molar-refractivity contribution in [2.24, 2.45) is 28.8 Å². The zero-order chi connectivity index (χ0) is 42.1. The van der Waals surface area contributed by atoms with Gasteiger partial charge in [-0.15, -0.1) is 6.58 Å². The molecule has 326 valence electrons. The van der Waals surface area contributed by atoms with Crippen LogP contribution in [0.3, 0.4) is 0 Å². The van der Waals surface area contributed by atoms with E-state index in [0.29, 0.717) is 55.5 Å². The van der Waals surface area contributed by atoms with Gasteiger partial charge in [-0.2, -0.15) is 0 Å². The minimum Gasteiger partial charge on any atom is -0.459 e. The summed E-state index contributed by atoms with van der Waals surface area (Å²) in [5.74, 6) is 0.0986. The Labute approximate surface area is 353 Å². The third-order valence-corrected chi connectivity index (χ3v) is 13.4. The highest BCUT2D eigenvalue weighted by Gasteiger charge is 2.65. The quantitative estimate of drug-likeness (QED) is 0.0570. The fourth-order valence-electron chi connectivity index (χ4n) is 10.5. The molecule has 0 spiro atoms. The molecule has 3 fully saturated rings. The molecule has 2 heterocycles. The number of non-ortho nitro benzene ring substituents is 1. The number of likely N-dealkylation sites (N-methyl/N-ethyl adjacent to an activating group) is 1. The Balaban J connectivity index is 1.38. The average Bonchev–Trinajstić information content (AvgIpc) is 3.79. The number of unbranched alkanes of at least 4 members (excludes halogenated alkanes) is 2. The number of nitro groups is 1. The summed E-state index contributed by atoms with van der Waals surface area (Å²) in [7, 11) is 1.86. The number of carbonyl (C=O) groups is 1. The van der Waals surface area contributed by atoms with Gasteiger partial charge in [0.05, 0.1) is 35.8 Å². The van der Waals surface area contributed by atoms with Gasteiger partial charge in [-0.25, -0.2) is 0 Å². The number of fused-ring (bicyclic) bond motifs is 2. The van der Waals surface area contributed by atoms with E-state index in [2.05, 4.69) is 12.7 Å². The lowest BCUT2D eigenvalue weighted by Crippen LogP contribution is -2.69. The monoisotopic (exact) mass is 829 g/mol. The fourth-order valence-corrected chi connectivity index (χ4v) is 10.5. The predicted molar refractivity (Wildman–Crippen MR) is 227 cm³/mol. The van der Waals surface area contributed by atoms with Crippen LogP contribution in [-0.2, 0) is 19.1 Å². The zero-order valence-corrected chi connectivity index (χ0v) is 35.1. The molecule has 13 heteroatoms. The average molecular weight is 830 g/mol. The fraction of sp³-hybridized carbons (Fsp3) is 0.617. The van der Waals surface area contributed by atoms with Crippen LogP contribution in [0.25, 0.3) is 0 Å². The van der Waals surface area contributed by atoms with E-state index >= 15 is 0 Å². The van der Waals surface area contributed by atoms with Gasteiger partial charge >= 0.3 is 0 Å². The van der Waals surface area contributed by atoms with E-state index in [1.54, 1.807) is 24.3 Å². The molecule has 60 heavy (non-hydrogen) atoms. The first-order chi connectivity index (χ1) is 29.3. The number of aliphatic hydroxyl groups is 2. The first-order valence-corrected chi connectivity index (χ1v) is 22.3. The Morgan fingerprint density at radius 2 is 1.78 bits per heavy atom. The van der Waals surface area contributed by atoms with Crippen LogP contribution in [-0.4, -0.2) is 83.2 Å². The topological polar surface area (TPSA) is 162 Å². The number of rotatable bonds is 20. The molecule has 7 unspecified atom stereocenters. The lowest BCUT2D eigenvalue weighted by Gasteiger charge is -2.59. The smallest absolute Gasteiger partial charge is 0.273 e. The lowest BCUT2D eigenvalue weighted by atomic mass is 9.55. The van der Waals surface area contributed by atoms with Crippen molar-refractivity contribution in [3.63, 3.8) is 0 Å². The maximum Gasteiger partial charge on any atom is 0.273 e. The van der Waals surface area contributed by atoms with Crippen LogP contribution >= 0.6 is 0 Å². The van der Waals surface area contributed by atoms with Crippen molar-refractivity contribution in [1.82, 2.24) is 4.90 Å². The Kier molecular flexibility index (Phi) is 15.0. The van der Waals surface area contributed by atoms with E-state index in [1.807, 2.05) is 24.1 Å². The van der Waals surface area contributed by atoms with Gasteiger partial charge in [0, 0.05) is 57.1 Å². The van der Waals surface area contributed by atoms with Gasteiger partial charge in [0.25, 0.3) is 5.69 Å². The highest BCUT2D eigenvalue weighted by Crippen LogP contribution is 2.62. The van der Waals surface area contributed by atoms with Crippen LogP contribution in [0, 0.1) is 33.8 Å². The van der Waals surface area contributed by atoms with Crippen LogP contribution in [0.5, 0.6) is 17.2 Å². The van der Waals surface area contributed by atoms with Crippen molar-refractivity contribution >= 4 is 17.3 Å². The molecule has 0 radical (unpaired) electrons. The molecular formula is C47H63N3O10. The van der Waals surface area contributed by atoms with E-state index in [1.165, 1.54) is 25.0 Å². The van der Waals surface area contributed by atoms with Crippen LogP contribution in [0.4, 0.5) is 5.69 Å². The summed E-state index contributed by atoms with van der Waals surface area (Å²) in [5, 5.41) is 36.4. The summed E-state index contributed by atoms with van der Waals surface area (Å²) < 4.78 is 26.6. The maximum atomic E-state index is 14.4. The molecule has 0 bridgehead atoms. The minimum absolute atomic E-state index is 0.0284. The molecule has 7 rings (SSSR count). The Morgan fingerprint density at radius 3 is 2.52 bits per heavy atom. The second kappa shape index (κ2) is 20.5. The molecule has 1 saturated heterocycles. The highest BCUT2D eigenvalue weighted by atomic mass is 16.8. The van der Waals surface area contributed by atoms with Gasteiger partial charge in [-0.05, 0) is 92.5 Å². The van der Waals surface area contributed by atoms with Crippen molar-refractivity contribution in [2.75, 3.05) is 33.5 Å². The van der Waals surface area contributed by atoms with Crippen LogP contribution in [0.2, 0.25) is 0 Å². The summed E-state index contributed by atoms with van der Waals surface area (Å²) in [4.78, 5) is 33.6. The van der Waals surface area contributed by atoms with Crippen molar-refractivity contribution in [3.05, 3.63) is 82.4 Å². The largest absolute Gasteiger partial charge is 0.459 e.